The van der Waals surface area contributed by atoms with Crippen LogP contribution in [0.2, 0.25) is 0 Å². The summed E-state index contributed by atoms with van der Waals surface area (Å²) in [5, 5.41) is 4.69. The molecule has 21 heavy (non-hydrogen) atoms. The van der Waals surface area contributed by atoms with Crippen molar-refractivity contribution >= 4 is 11.8 Å². The van der Waals surface area contributed by atoms with E-state index in [-0.39, 0.29) is 12.1 Å². The first-order chi connectivity index (χ1) is 10.3. The van der Waals surface area contributed by atoms with Gasteiger partial charge in [-0.05, 0) is 30.0 Å². The molecular formula is C16H16N4O. The molecule has 2 aliphatic rings. The summed E-state index contributed by atoms with van der Waals surface area (Å²) in [6.45, 7) is 0.545. The van der Waals surface area contributed by atoms with Crippen molar-refractivity contribution < 1.29 is 4.79 Å². The topological polar surface area (TPSA) is 57.3 Å². The van der Waals surface area contributed by atoms with Crippen molar-refractivity contribution in [2.75, 3.05) is 5.43 Å². The van der Waals surface area contributed by atoms with Gasteiger partial charge in [-0.2, -0.15) is 0 Å². The summed E-state index contributed by atoms with van der Waals surface area (Å²) in [6, 6.07) is 12.2. The standard InChI is InChI=1S/C16H16N4O/c21-16(20-10-12-5-3-9-17-15(12)19-20)18-14-8-7-11-4-1-2-6-13(11)14/h1-6,9,14H,7-8,10H2,(H,17,19)(H,18,21)/t14-/m1/s1. The zero-order valence-electron chi connectivity index (χ0n) is 11.5. The first kappa shape index (κ1) is 12.2. The summed E-state index contributed by atoms with van der Waals surface area (Å²) >= 11 is 0. The number of urea groups is 1. The van der Waals surface area contributed by atoms with E-state index in [0.29, 0.717) is 6.54 Å². The van der Waals surface area contributed by atoms with Gasteiger partial charge in [0.25, 0.3) is 0 Å². The van der Waals surface area contributed by atoms with Crippen LogP contribution in [-0.2, 0) is 13.0 Å². The van der Waals surface area contributed by atoms with Crippen LogP contribution in [0.5, 0.6) is 0 Å². The molecule has 0 unspecified atom stereocenters. The van der Waals surface area contributed by atoms with Crippen LogP contribution < -0.4 is 10.7 Å². The lowest BCUT2D eigenvalue weighted by molar-refractivity contribution is 0.205. The van der Waals surface area contributed by atoms with Crippen molar-refractivity contribution in [1.82, 2.24) is 15.3 Å². The highest BCUT2D eigenvalue weighted by Gasteiger charge is 2.28. The zero-order valence-corrected chi connectivity index (χ0v) is 11.5. The fraction of sp³-hybridized carbons (Fsp3) is 0.250. The molecule has 5 nitrogen and oxygen atoms in total. The third-order valence-electron chi connectivity index (χ3n) is 4.14. The van der Waals surface area contributed by atoms with E-state index in [0.717, 1.165) is 24.2 Å². The number of benzene rings is 1. The number of hydrogen-bond donors (Lipinski definition) is 2. The molecule has 2 heterocycles. The fourth-order valence-corrected chi connectivity index (χ4v) is 3.06. The predicted molar refractivity (Wildman–Crippen MR) is 79.4 cm³/mol. The van der Waals surface area contributed by atoms with Crippen LogP contribution in [0.25, 0.3) is 0 Å². The monoisotopic (exact) mass is 280 g/mol. The molecule has 1 aromatic heterocycles. The molecule has 0 radical (unpaired) electrons. The van der Waals surface area contributed by atoms with Crippen LogP contribution >= 0.6 is 0 Å². The lowest BCUT2D eigenvalue weighted by Gasteiger charge is -2.21. The number of hydrazine groups is 1. The van der Waals surface area contributed by atoms with Crippen LogP contribution in [0.4, 0.5) is 10.6 Å². The fourth-order valence-electron chi connectivity index (χ4n) is 3.06. The van der Waals surface area contributed by atoms with Crippen molar-refractivity contribution in [3.05, 3.63) is 59.3 Å². The van der Waals surface area contributed by atoms with E-state index in [1.807, 2.05) is 24.3 Å². The van der Waals surface area contributed by atoms with E-state index in [1.54, 1.807) is 11.2 Å². The zero-order chi connectivity index (χ0) is 14.2. The molecule has 0 fully saturated rings. The molecule has 2 aromatic rings. The molecule has 2 N–H and O–H groups in total. The van der Waals surface area contributed by atoms with E-state index >= 15 is 0 Å². The Morgan fingerprint density at radius 1 is 1.24 bits per heavy atom. The molecule has 2 amide bonds. The lowest BCUT2D eigenvalue weighted by Crippen LogP contribution is -2.41. The maximum atomic E-state index is 12.4. The highest BCUT2D eigenvalue weighted by Crippen LogP contribution is 2.31. The quantitative estimate of drug-likeness (QED) is 0.844. The van der Waals surface area contributed by atoms with Crippen LogP contribution in [0.1, 0.15) is 29.2 Å². The molecule has 1 aliphatic carbocycles. The number of aromatic nitrogens is 1. The van der Waals surface area contributed by atoms with Gasteiger partial charge >= 0.3 is 6.03 Å². The van der Waals surface area contributed by atoms with Gasteiger partial charge in [-0.3, -0.25) is 5.43 Å². The second-order valence-corrected chi connectivity index (χ2v) is 5.45. The summed E-state index contributed by atoms with van der Waals surface area (Å²) in [5.41, 5.74) is 6.66. The molecule has 5 heteroatoms. The second-order valence-electron chi connectivity index (χ2n) is 5.45. The van der Waals surface area contributed by atoms with Gasteiger partial charge in [-0.25, -0.2) is 14.8 Å². The number of amides is 2. The Bertz CT molecular complexity index is 675. The van der Waals surface area contributed by atoms with Gasteiger partial charge in [-0.1, -0.05) is 30.3 Å². The van der Waals surface area contributed by atoms with Crippen LogP contribution in [0.3, 0.4) is 0 Å². The van der Waals surface area contributed by atoms with Gasteiger partial charge in [0.05, 0.1) is 12.6 Å². The Morgan fingerprint density at radius 2 is 2.10 bits per heavy atom. The first-order valence-electron chi connectivity index (χ1n) is 7.17. The minimum Gasteiger partial charge on any atom is -0.330 e. The van der Waals surface area contributed by atoms with E-state index in [9.17, 15) is 4.79 Å². The maximum Gasteiger partial charge on any atom is 0.336 e. The van der Waals surface area contributed by atoms with Gasteiger partial charge in [0.1, 0.15) is 5.82 Å². The first-order valence-corrected chi connectivity index (χ1v) is 7.17. The number of aryl methyl sites for hydroxylation is 1. The van der Waals surface area contributed by atoms with E-state index in [2.05, 4.69) is 27.9 Å². The molecule has 0 saturated heterocycles. The smallest absolute Gasteiger partial charge is 0.330 e. The number of anilines is 1. The number of pyridine rings is 1. The Morgan fingerprint density at radius 3 is 3.00 bits per heavy atom. The minimum atomic E-state index is -0.102. The Hall–Kier alpha value is -2.56. The predicted octanol–water partition coefficient (Wildman–Crippen LogP) is 2.62. The third kappa shape index (κ3) is 2.11. The molecule has 1 aliphatic heterocycles. The Balaban J connectivity index is 1.47. The van der Waals surface area contributed by atoms with Crippen molar-refractivity contribution in [3.8, 4) is 0 Å². The molecule has 0 bridgehead atoms. The molecule has 4 rings (SSSR count). The number of nitrogens with one attached hydrogen (secondary N) is 2. The van der Waals surface area contributed by atoms with Gasteiger partial charge < -0.3 is 5.32 Å². The summed E-state index contributed by atoms with van der Waals surface area (Å²) in [4.78, 5) is 16.6. The normalized spacial score (nSPS) is 18.9. The average Bonchev–Trinajstić information content (AvgIpc) is 3.11. The van der Waals surface area contributed by atoms with Crippen molar-refractivity contribution in [2.45, 2.75) is 25.4 Å². The average molecular weight is 280 g/mol. The molecule has 0 saturated carbocycles. The number of rotatable bonds is 1. The number of fused-ring (bicyclic) bond motifs is 2. The molecule has 106 valence electrons. The van der Waals surface area contributed by atoms with Gasteiger partial charge in [0, 0.05) is 11.8 Å². The molecule has 0 spiro atoms. The van der Waals surface area contributed by atoms with Gasteiger partial charge in [0.15, 0.2) is 0 Å². The minimum absolute atomic E-state index is 0.102. The largest absolute Gasteiger partial charge is 0.336 e. The summed E-state index contributed by atoms with van der Waals surface area (Å²) < 4.78 is 0. The molecule has 1 atom stereocenters. The number of carbonyl (C=O) groups excluding carboxylic acids is 1. The molecular weight excluding hydrogens is 264 g/mol. The maximum absolute atomic E-state index is 12.4. The summed E-state index contributed by atoms with van der Waals surface area (Å²) in [7, 11) is 0. The van der Waals surface area contributed by atoms with Crippen molar-refractivity contribution in [2.24, 2.45) is 0 Å². The van der Waals surface area contributed by atoms with E-state index < -0.39 is 0 Å². The van der Waals surface area contributed by atoms with Crippen molar-refractivity contribution in [1.29, 1.82) is 0 Å². The Labute approximate surface area is 123 Å². The van der Waals surface area contributed by atoms with E-state index in [1.165, 1.54) is 11.1 Å². The van der Waals surface area contributed by atoms with Crippen LogP contribution in [0.15, 0.2) is 42.6 Å². The van der Waals surface area contributed by atoms with Gasteiger partial charge in [-0.15, -0.1) is 0 Å². The van der Waals surface area contributed by atoms with Crippen LogP contribution in [0, 0.1) is 0 Å². The highest BCUT2D eigenvalue weighted by atomic mass is 16.2. The van der Waals surface area contributed by atoms with E-state index in [4.69, 9.17) is 0 Å². The lowest BCUT2D eigenvalue weighted by atomic mass is 10.1. The number of carbonyl (C=O) groups is 1. The SMILES string of the molecule is O=C(N[C@@H]1CCc2ccccc21)N1Cc2cccnc2N1. The summed E-state index contributed by atoms with van der Waals surface area (Å²) in [5.74, 6) is 0.763. The van der Waals surface area contributed by atoms with Crippen molar-refractivity contribution in [3.63, 3.8) is 0 Å². The second kappa shape index (κ2) is 4.77. The number of hydrogen-bond acceptors (Lipinski definition) is 3. The highest BCUT2D eigenvalue weighted by molar-refractivity contribution is 5.78. The Kier molecular flexibility index (Phi) is 2.77. The molecule has 1 aromatic carbocycles. The van der Waals surface area contributed by atoms with Gasteiger partial charge in [0.2, 0.25) is 0 Å². The van der Waals surface area contributed by atoms with Crippen LogP contribution in [-0.4, -0.2) is 16.0 Å². The summed E-state index contributed by atoms with van der Waals surface area (Å²) in [6.07, 6.45) is 3.71. The third-order valence-corrected chi connectivity index (χ3v) is 4.14. The number of nitrogens with zero attached hydrogens (tertiary/aromatic N) is 2.